The molecule has 0 radical (unpaired) electrons. The summed E-state index contributed by atoms with van der Waals surface area (Å²) in [5.74, 6) is 0. The van der Waals surface area contributed by atoms with Crippen LogP contribution < -0.4 is 21.5 Å². The van der Waals surface area contributed by atoms with Crippen molar-refractivity contribution in [2.45, 2.75) is 13.0 Å². The van der Waals surface area contributed by atoms with Crippen LogP contribution in [0, 0.1) is 0 Å². The van der Waals surface area contributed by atoms with Crippen molar-refractivity contribution in [1.82, 2.24) is 4.90 Å². The van der Waals surface area contributed by atoms with Crippen LogP contribution in [-0.2, 0) is 6.54 Å². The molecule has 0 saturated carbocycles. The van der Waals surface area contributed by atoms with Crippen LogP contribution in [0.4, 0.5) is 11.4 Å². The predicted molar refractivity (Wildman–Crippen MR) is 86.8 cm³/mol. The Morgan fingerprint density at radius 1 is 0.952 bits per heavy atom. The second-order valence-electron chi connectivity index (χ2n) is 5.33. The second kappa shape index (κ2) is 7.04. The zero-order chi connectivity index (χ0) is 15.2. The van der Waals surface area contributed by atoms with Crippen LogP contribution in [-0.4, -0.2) is 32.1 Å². The summed E-state index contributed by atoms with van der Waals surface area (Å²) in [5.41, 5.74) is 1.06. The highest BCUT2D eigenvalue weighted by Gasteiger charge is 2.19. The zero-order valence-corrected chi connectivity index (χ0v) is 12.5. The Bertz CT molecular complexity index is 643. The lowest BCUT2D eigenvalue weighted by molar-refractivity contribution is 0.405. The first-order valence-corrected chi connectivity index (χ1v) is 7.09. The van der Waals surface area contributed by atoms with Gasteiger partial charge in [-0.3, -0.25) is 9.59 Å². The standard InChI is InChI=1S/C16H21N3O2/c1-19(2)10-6-9-17-13-14(16(21)15(13)20)18-11-12-7-4-3-5-8-12/h3-5,7-8,17-18H,6,9-11H2,1-2H3. The highest BCUT2D eigenvalue weighted by atomic mass is 16.2. The maximum atomic E-state index is 11.6. The van der Waals surface area contributed by atoms with Gasteiger partial charge in [-0.2, -0.15) is 0 Å². The van der Waals surface area contributed by atoms with E-state index in [0.717, 1.165) is 18.5 Å². The monoisotopic (exact) mass is 287 g/mol. The summed E-state index contributed by atoms with van der Waals surface area (Å²) >= 11 is 0. The minimum Gasteiger partial charge on any atom is -0.380 e. The molecule has 112 valence electrons. The summed E-state index contributed by atoms with van der Waals surface area (Å²) in [7, 11) is 4.01. The van der Waals surface area contributed by atoms with E-state index in [2.05, 4.69) is 15.5 Å². The predicted octanol–water partition coefficient (Wildman–Crippen LogP) is 1.26. The van der Waals surface area contributed by atoms with E-state index in [4.69, 9.17) is 0 Å². The second-order valence-corrected chi connectivity index (χ2v) is 5.33. The highest BCUT2D eigenvalue weighted by molar-refractivity contribution is 5.73. The fraction of sp³-hybridized carbons (Fsp3) is 0.375. The molecule has 5 heteroatoms. The van der Waals surface area contributed by atoms with Crippen molar-refractivity contribution in [2.24, 2.45) is 0 Å². The van der Waals surface area contributed by atoms with Crippen LogP contribution in [0.25, 0.3) is 0 Å². The van der Waals surface area contributed by atoms with Crippen molar-refractivity contribution in [1.29, 1.82) is 0 Å². The van der Waals surface area contributed by atoms with Crippen LogP contribution in [0.15, 0.2) is 39.9 Å². The van der Waals surface area contributed by atoms with Gasteiger partial charge in [-0.1, -0.05) is 30.3 Å². The first kappa shape index (κ1) is 15.3. The van der Waals surface area contributed by atoms with Crippen LogP contribution in [0.5, 0.6) is 0 Å². The van der Waals surface area contributed by atoms with Crippen LogP contribution in [0.2, 0.25) is 0 Å². The molecule has 0 atom stereocenters. The molecule has 0 amide bonds. The smallest absolute Gasteiger partial charge is 0.253 e. The lowest BCUT2D eigenvalue weighted by atomic mass is 10.1. The van der Waals surface area contributed by atoms with Gasteiger partial charge in [0.25, 0.3) is 10.9 Å². The lowest BCUT2D eigenvalue weighted by Gasteiger charge is -2.15. The molecule has 2 aromatic carbocycles. The topological polar surface area (TPSA) is 61.4 Å². The fourth-order valence-corrected chi connectivity index (χ4v) is 2.12. The third-order valence-corrected chi connectivity index (χ3v) is 3.31. The summed E-state index contributed by atoms with van der Waals surface area (Å²) in [5, 5.41) is 6.11. The van der Waals surface area contributed by atoms with Gasteiger partial charge < -0.3 is 15.5 Å². The molecule has 5 nitrogen and oxygen atoms in total. The molecule has 2 N–H and O–H groups in total. The van der Waals surface area contributed by atoms with Crippen molar-refractivity contribution >= 4 is 11.4 Å². The first-order valence-electron chi connectivity index (χ1n) is 7.09. The van der Waals surface area contributed by atoms with E-state index >= 15 is 0 Å². The summed E-state index contributed by atoms with van der Waals surface area (Å²) in [6.45, 7) is 2.16. The number of nitrogens with zero attached hydrogens (tertiary/aromatic N) is 1. The first-order chi connectivity index (χ1) is 10.1. The van der Waals surface area contributed by atoms with E-state index in [1.165, 1.54) is 0 Å². The van der Waals surface area contributed by atoms with E-state index in [9.17, 15) is 9.59 Å². The van der Waals surface area contributed by atoms with E-state index < -0.39 is 10.9 Å². The Morgan fingerprint density at radius 2 is 1.57 bits per heavy atom. The molecule has 0 saturated heterocycles. The van der Waals surface area contributed by atoms with E-state index in [1.54, 1.807) is 0 Å². The van der Waals surface area contributed by atoms with E-state index in [0.29, 0.717) is 24.5 Å². The molecule has 21 heavy (non-hydrogen) atoms. The number of hydrogen-bond donors (Lipinski definition) is 2. The minimum atomic E-state index is -0.430. The minimum absolute atomic E-state index is 0.411. The van der Waals surface area contributed by atoms with E-state index in [1.807, 2.05) is 44.4 Å². The molecule has 0 spiro atoms. The van der Waals surface area contributed by atoms with Crippen molar-refractivity contribution in [3.05, 3.63) is 56.3 Å². The van der Waals surface area contributed by atoms with Crippen LogP contribution >= 0.6 is 0 Å². The molecule has 2 aromatic rings. The van der Waals surface area contributed by atoms with Gasteiger partial charge in [0.15, 0.2) is 0 Å². The van der Waals surface area contributed by atoms with Crippen LogP contribution in [0.3, 0.4) is 0 Å². The Balaban J connectivity index is 1.90. The SMILES string of the molecule is CN(C)CCCNc1c(NCc2ccccc2)c(=O)c1=O. The summed E-state index contributed by atoms with van der Waals surface area (Å²) < 4.78 is 0. The molecule has 0 aliphatic carbocycles. The lowest BCUT2D eigenvalue weighted by Crippen LogP contribution is -2.37. The molecule has 0 unspecified atom stereocenters. The summed E-state index contributed by atoms with van der Waals surface area (Å²) in [4.78, 5) is 25.3. The Morgan fingerprint density at radius 3 is 2.19 bits per heavy atom. The molecule has 0 heterocycles. The van der Waals surface area contributed by atoms with Gasteiger partial charge >= 0.3 is 0 Å². The van der Waals surface area contributed by atoms with Crippen molar-refractivity contribution in [2.75, 3.05) is 37.8 Å². The maximum absolute atomic E-state index is 11.6. The molecule has 0 bridgehead atoms. The Kier molecular flexibility index (Phi) is 5.11. The average Bonchev–Trinajstić information content (AvgIpc) is 2.49. The molecular weight excluding hydrogens is 266 g/mol. The molecule has 0 aliphatic heterocycles. The summed E-state index contributed by atoms with van der Waals surface area (Å²) in [6.07, 6.45) is 0.921. The van der Waals surface area contributed by atoms with Gasteiger partial charge in [-0.15, -0.1) is 0 Å². The highest BCUT2D eigenvalue weighted by Crippen LogP contribution is 2.15. The molecule has 2 rings (SSSR count). The average molecular weight is 287 g/mol. The molecule has 0 aromatic heterocycles. The molecule has 0 aliphatic rings. The third-order valence-electron chi connectivity index (χ3n) is 3.31. The maximum Gasteiger partial charge on any atom is 0.253 e. The van der Waals surface area contributed by atoms with Crippen molar-refractivity contribution < 1.29 is 0 Å². The van der Waals surface area contributed by atoms with Gasteiger partial charge in [0, 0.05) is 13.1 Å². The van der Waals surface area contributed by atoms with Gasteiger partial charge in [0.1, 0.15) is 11.4 Å². The van der Waals surface area contributed by atoms with E-state index in [-0.39, 0.29) is 0 Å². The number of hydrogen-bond acceptors (Lipinski definition) is 5. The number of rotatable bonds is 8. The van der Waals surface area contributed by atoms with Gasteiger partial charge in [-0.25, -0.2) is 0 Å². The normalized spacial score (nSPS) is 11.0. The van der Waals surface area contributed by atoms with Gasteiger partial charge in [-0.05, 0) is 32.6 Å². The van der Waals surface area contributed by atoms with Gasteiger partial charge in [0.05, 0.1) is 0 Å². The number of anilines is 2. The van der Waals surface area contributed by atoms with Crippen molar-refractivity contribution in [3.8, 4) is 0 Å². The summed E-state index contributed by atoms with van der Waals surface area (Å²) in [6, 6.07) is 9.78. The zero-order valence-electron chi connectivity index (χ0n) is 12.5. The number of nitrogens with one attached hydrogen (secondary N) is 2. The molecule has 0 fully saturated rings. The largest absolute Gasteiger partial charge is 0.380 e. The van der Waals surface area contributed by atoms with Gasteiger partial charge in [0.2, 0.25) is 0 Å². The Hall–Kier alpha value is -2.14. The van der Waals surface area contributed by atoms with Crippen LogP contribution in [0.1, 0.15) is 12.0 Å². The molecular formula is C16H21N3O2. The fourth-order valence-electron chi connectivity index (χ4n) is 2.12. The third kappa shape index (κ3) is 3.92. The van der Waals surface area contributed by atoms with Crippen molar-refractivity contribution in [3.63, 3.8) is 0 Å². The number of benzene rings is 1. The quantitative estimate of drug-likeness (QED) is 0.565. The Labute approximate surface area is 124 Å².